The predicted octanol–water partition coefficient (Wildman–Crippen LogP) is 1.28. The number of nitrogens with zero attached hydrogens (tertiary/aromatic N) is 4. The fraction of sp³-hybridized carbons (Fsp3) is 0.444. The lowest BCUT2D eigenvalue weighted by molar-refractivity contribution is -0.141. The van der Waals surface area contributed by atoms with E-state index >= 15 is 0 Å². The number of carbonyl (C=O) groups excluding carboxylic acids is 2. The standard InChI is InChI=1S/C18H21N5O2/c24-17(20-10-14-6-1-2-8-19-14)16-12-22(18(25)13-4-3-5-13)11-15-7-9-21-23(15)16/h1-2,6-9,13,16H,3-5,10-12H2,(H,20,24). The summed E-state index contributed by atoms with van der Waals surface area (Å²) in [5.74, 6) is 0.162. The van der Waals surface area contributed by atoms with E-state index in [0.29, 0.717) is 19.6 Å². The van der Waals surface area contributed by atoms with Gasteiger partial charge < -0.3 is 10.2 Å². The summed E-state index contributed by atoms with van der Waals surface area (Å²) in [6.45, 7) is 1.26. The molecule has 25 heavy (non-hydrogen) atoms. The van der Waals surface area contributed by atoms with Crippen molar-refractivity contribution in [3.63, 3.8) is 0 Å². The maximum atomic E-state index is 12.7. The molecule has 2 aliphatic rings. The maximum absolute atomic E-state index is 12.7. The third kappa shape index (κ3) is 3.14. The highest BCUT2D eigenvalue weighted by atomic mass is 16.2. The molecule has 0 bridgehead atoms. The number of amides is 2. The molecule has 3 heterocycles. The van der Waals surface area contributed by atoms with Crippen LogP contribution in [0.5, 0.6) is 0 Å². The van der Waals surface area contributed by atoms with Gasteiger partial charge >= 0.3 is 0 Å². The van der Waals surface area contributed by atoms with Gasteiger partial charge in [0, 0.05) is 18.3 Å². The first-order chi connectivity index (χ1) is 12.2. The molecule has 0 spiro atoms. The van der Waals surface area contributed by atoms with Crippen molar-refractivity contribution in [3.05, 3.63) is 48.0 Å². The number of fused-ring (bicyclic) bond motifs is 1. The third-order valence-electron chi connectivity index (χ3n) is 5.03. The first kappa shape index (κ1) is 15.8. The van der Waals surface area contributed by atoms with Gasteiger partial charge in [0.2, 0.25) is 11.8 Å². The molecule has 7 nitrogen and oxygen atoms in total. The largest absolute Gasteiger partial charge is 0.349 e. The van der Waals surface area contributed by atoms with Crippen LogP contribution in [0, 0.1) is 5.92 Å². The Balaban J connectivity index is 1.47. The average molecular weight is 339 g/mol. The minimum atomic E-state index is -0.494. The van der Waals surface area contributed by atoms with Gasteiger partial charge in [0.25, 0.3) is 0 Å². The Morgan fingerprint density at radius 1 is 1.20 bits per heavy atom. The van der Waals surface area contributed by atoms with Crippen molar-refractivity contribution < 1.29 is 9.59 Å². The molecule has 1 fully saturated rings. The average Bonchev–Trinajstić information content (AvgIpc) is 3.06. The Morgan fingerprint density at radius 3 is 2.80 bits per heavy atom. The summed E-state index contributed by atoms with van der Waals surface area (Å²) in [5.41, 5.74) is 1.70. The maximum Gasteiger partial charge on any atom is 0.247 e. The molecule has 0 aromatic carbocycles. The van der Waals surface area contributed by atoms with E-state index in [2.05, 4.69) is 15.4 Å². The van der Waals surface area contributed by atoms with E-state index in [9.17, 15) is 9.59 Å². The van der Waals surface area contributed by atoms with E-state index in [1.54, 1.807) is 17.1 Å². The molecule has 1 N–H and O–H groups in total. The van der Waals surface area contributed by atoms with E-state index in [4.69, 9.17) is 0 Å². The van der Waals surface area contributed by atoms with Crippen LogP contribution >= 0.6 is 0 Å². The monoisotopic (exact) mass is 339 g/mol. The zero-order valence-electron chi connectivity index (χ0n) is 14.0. The SMILES string of the molecule is O=C(NCc1ccccn1)C1CN(C(=O)C2CCC2)Cc2ccnn21. The summed E-state index contributed by atoms with van der Waals surface area (Å²) in [5, 5.41) is 7.21. The summed E-state index contributed by atoms with van der Waals surface area (Å²) in [6, 6.07) is 6.98. The Labute approximate surface area is 146 Å². The van der Waals surface area contributed by atoms with Crippen molar-refractivity contribution in [2.75, 3.05) is 6.54 Å². The van der Waals surface area contributed by atoms with Crippen LogP contribution in [0.15, 0.2) is 36.7 Å². The summed E-state index contributed by atoms with van der Waals surface area (Å²) in [7, 11) is 0. The van der Waals surface area contributed by atoms with Crippen molar-refractivity contribution in [3.8, 4) is 0 Å². The summed E-state index contributed by atoms with van der Waals surface area (Å²) >= 11 is 0. The van der Waals surface area contributed by atoms with Gasteiger partial charge in [0.05, 0.1) is 31.0 Å². The molecule has 0 radical (unpaired) electrons. The summed E-state index contributed by atoms with van der Waals surface area (Å²) < 4.78 is 1.73. The molecule has 2 aromatic rings. The molecule has 7 heteroatoms. The Hall–Kier alpha value is -2.70. The molecule has 4 rings (SSSR count). The molecular formula is C18H21N5O2. The lowest BCUT2D eigenvalue weighted by Crippen LogP contribution is -2.49. The van der Waals surface area contributed by atoms with Crippen molar-refractivity contribution >= 4 is 11.8 Å². The molecule has 2 amide bonds. The molecule has 130 valence electrons. The quantitative estimate of drug-likeness (QED) is 0.910. The van der Waals surface area contributed by atoms with Gasteiger partial charge in [-0.3, -0.25) is 19.3 Å². The lowest BCUT2D eigenvalue weighted by Gasteiger charge is -2.37. The molecule has 1 aliphatic heterocycles. The van der Waals surface area contributed by atoms with E-state index in [0.717, 1.165) is 30.7 Å². The Bertz CT molecular complexity index is 769. The second-order valence-corrected chi connectivity index (χ2v) is 6.67. The first-order valence-corrected chi connectivity index (χ1v) is 8.71. The second kappa shape index (κ2) is 6.66. The number of hydrogen-bond donors (Lipinski definition) is 1. The highest BCUT2D eigenvalue weighted by Crippen LogP contribution is 2.31. The Morgan fingerprint density at radius 2 is 2.08 bits per heavy atom. The molecule has 1 aliphatic carbocycles. The molecule has 1 saturated carbocycles. The van der Waals surface area contributed by atoms with Crippen LogP contribution in [-0.2, 0) is 22.7 Å². The Kier molecular flexibility index (Phi) is 4.21. The highest BCUT2D eigenvalue weighted by molar-refractivity contribution is 5.83. The normalized spacial score (nSPS) is 19.8. The molecule has 1 atom stereocenters. The lowest BCUT2D eigenvalue weighted by atomic mass is 9.84. The molecular weight excluding hydrogens is 318 g/mol. The van der Waals surface area contributed by atoms with E-state index in [-0.39, 0.29) is 17.7 Å². The third-order valence-corrected chi connectivity index (χ3v) is 5.03. The fourth-order valence-electron chi connectivity index (χ4n) is 3.37. The van der Waals surface area contributed by atoms with Crippen LogP contribution < -0.4 is 5.32 Å². The van der Waals surface area contributed by atoms with Gasteiger partial charge in [-0.25, -0.2) is 0 Å². The van der Waals surface area contributed by atoms with Crippen molar-refractivity contribution in [2.45, 2.75) is 38.4 Å². The van der Waals surface area contributed by atoms with E-state index in [1.807, 2.05) is 29.2 Å². The van der Waals surface area contributed by atoms with Gasteiger partial charge in [0.1, 0.15) is 6.04 Å². The zero-order chi connectivity index (χ0) is 17.2. The van der Waals surface area contributed by atoms with Crippen LogP contribution in [0.1, 0.15) is 36.7 Å². The van der Waals surface area contributed by atoms with E-state index < -0.39 is 6.04 Å². The minimum absolute atomic E-state index is 0.131. The number of hydrogen-bond acceptors (Lipinski definition) is 4. The summed E-state index contributed by atoms with van der Waals surface area (Å²) in [6.07, 6.45) is 6.44. The van der Waals surface area contributed by atoms with Gasteiger partial charge in [-0.05, 0) is 31.0 Å². The van der Waals surface area contributed by atoms with Gasteiger partial charge in [-0.2, -0.15) is 5.10 Å². The van der Waals surface area contributed by atoms with Crippen molar-refractivity contribution in [1.29, 1.82) is 0 Å². The number of rotatable bonds is 4. The van der Waals surface area contributed by atoms with Crippen LogP contribution in [0.4, 0.5) is 0 Å². The molecule has 1 unspecified atom stereocenters. The fourth-order valence-corrected chi connectivity index (χ4v) is 3.37. The highest BCUT2D eigenvalue weighted by Gasteiger charge is 2.36. The number of pyridine rings is 1. The second-order valence-electron chi connectivity index (χ2n) is 6.67. The zero-order valence-corrected chi connectivity index (χ0v) is 14.0. The molecule has 2 aromatic heterocycles. The summed E-state index contributed by atoms with van der Waals surface area (Å²) in [4.78, 5) is 31.4. The van der Waals surface area contributed by atoms with Crippen LogP contribution in [0.2, 0.25) is 0 Å². The number of aromatic nitrogens is 3. The van der Waals surface area contributed by atoms with E-state index in [1.165, 1.54) is 0 Å². The smallest absolute Gasteiger partial charge is 0.247 e. The number of nitrogens with one attached hydrogen (secondary N) is 1. The minimum Gasteiger partial charge on any atom is -0.349 e. The predicted molar refractivity (Wildman–Crippen MR) is 90.1 cm³/mol. The van der Waals surface area contributed by atoms with Gasteiger partial charge in [-0.15, -0.1) is 0 Å². The number of carbonyl (C=O) groups is 2. The van der Waals surface area contributed by atoms with Crippen LogP contribution in [-0.4, -0.2) is 38.0 Å². The topological polar surface area (TPSA) is 80.1 Å². The first-order valence-electron chi connectivity index (χ1n) is 8.71. The van der Waals surface area contributed by atoms with Gasteiger partial charge in [0.15, 0.2) is 0 Å². The molecule has 0 saturated heterocycles. The van der Waals surface area contributed by atoms with Gasteiger partial charge in [-0.1, -0.05) is 12.5 Å². The van der Waals surface area contributed by atoms with Crippen molar-refractivity contribution in [2.24, 2.45) is 5.92 Å². The van der Waals surface area contributed by atoms with Crippen LogP contribution in [0.25, 0.3) is 0 Å². The van der Waals surface area contributed by atoms with Crippen molar-refractivity contribution in [1.82, 2.24) is 25.0 Å². The van der Waals surface area contributed by atoms with Crippen LogP contribution in [0.3, 0.4) is 0 Å².